The summed E-state index contributed by atoms with van der Waals surface area (Å²) in [5.74, 6) is -2.33. The third kappa shape index (κ3) is 3.54. The number of anilines is 1. The van der Waals surface area contributed by atoms with E-state index in [9.17, 15) is 19.5 Å². The van der Waals surface area contributed by atoms with E-state index in [1.54, 1.807) is 31.2 Å². The van der Waals surface area contributed by atoms with Gasteiger partial charge in [0.25, 0.3) is 5.91 Å². The molecule has 2 aromatic rings. The van der Waals surface area contributed by atoms with Gasteiger partial charge in [-0.1, -0.05) is 35.9 Å². The zero-order valence-corrected chi connectivity index (χ0v) is 15.8. The SMILES string of the molecule is COC(=O)C1=C(C)N(c2ccc(Cl)cc2)C(=O)/C1=C\c1ccc(C(=O)[O-])cc1. The first-order chi connectivity index (χ1) is 13.3. The number of halogens is 1. The monoisotopic (exact) mass is 396 g/mol. The summed E-state index contributed by atoms with van der Waals surface area (Å²) in [6, 6.07) is 12.4. The van der Waals surface area contributed by atoms with Gasteiger partial charge in [0, 0.05) is 16.4 Å². The van der Waals surface area contributed by atoms with Crippen LogP contribution in [0.2, 0.25) is 5.02 Å². The van der Waals surface area contributed by atoms with Crippen LogP contribution in [-0.2, 0) is 14.3 Å². The fourth-order valence-corrected chi connectivity index (χ4v) is 3.09. The van der Waals surface area contributed by atoms with Gasteiger partial charge >= 0.3 is 5.97 Å². The molecule has 0 spiro atoms. The van der Waals surface area contributed by atoms with Crippen LogP contribution in [0.25, 0.3) is 6.08 Å². The number of carboxylic acids is 1. The lowest BCUT2D eigenvalue weighted by atomic mass is 10.0. The third-order valence-electron chi connectivity index (χ3n) is 4.33. The Morgan fingerprint density at radius 2 is 1.68 bits per heavy atom. The van der Waals surface area contributed by atoms with E-state index in [1.807, 2.05) is 0 Å². The van der Waals surface area contributed by atoms with E-state index in [0.717, 1.165) is 0 Å². The highest BCUT2D eigenvalue weighted by molar-refractivity contribution is 6.30. The van der Waals surface area contributed by atoms with E-state index in [-0.39, 0.29) is 16.7 Å². The van der Waals surface area contributed by atoms with Crippen molar-refractivity contribution in [3.63, 3.8) is 0 Å². The van der Waals surface area contributed by atoms with E-state index in [1.165, 1.54) is 42.4 Å². The molecule has 7 heteroatoms. The zero-order chi connectivity index (χ0) is 20.4. The summed E-state index contributed by atoms with van der Waals surface area (Å²) in [5, 5.41) is 11.4. The van der Waals surface area contributed by atoms with Gasteiger partial charge in [0.2, 0.25) is 0 Å². The third-order valence-corrected chi connectivity index (χ3v) is 4.58. The molecule has 3 rings (SSSR count). The number of hydrogen-bond acceptors (Lipinski definition) is 5. The molecule has 6 nitrogen and oxygen atoms in total. The summed E-state index contributed by atoms with van der Waals surface area (Å²) in [7, 11) is 1.24. The Balaban J connectivity index is 2.08. The summed E-state index contributed by atoms with van der Waals surface area (Å²) in [6.07, 6.45) is 1.52. The number of esters is 1. The van der Waals surface area contributed by atoms with Crippen molar-refractivity contribution >= 4 is 41.2 Å². The van der Waals surface area contributed by atoms with Gasteiger partial charge in [0.15, 0.2) is 0 Å². The Hall–Kier alpha value is -3.38. The van der Waals surface area contributed by atoms with Gasteiger partial charge in [0.1, 0.15) is 0 Å². The van der Waals surface area contributed by atoms with Crippen LogP contribution in [0.4, 0.5) is 5.69 Å². The molecular weight excluding hydrogens is 382 g/mol. The molecule has 2 aromatic carbocycles. The number of rotatable bonds is 4. The lowest BCUT2D eigenvalue weighted by Gasteiger charge is -2.17. The Morgan fingerprint density at radius 3 is 2.21 bits per heavy atom. The van der Waals surface area contributed by atoms with E-state index in [4.69, 9.17) is 16.3 Å². The van der Waals surface area contributed by atoms with Gasteiger partial charge in [-0.15, -0.1) is 0 Å². The smallest absolute Gasteiger partial charge is 0.340 e. The largest absolute Gasteiger partial charge is 0.545 e. The van der Waals surface area contributed by atoms with Gasteiger partial charge in [-0.25, -0.2) is 4.79 Å². The molecule has 0 aliphatic carbocycles. The van der Waals surface area contributed by atoms with E-state index < -0.39 is 17.8 Å². The van der Waals surface area contributed by atoms with Gasteiger partial charge in [-0.05, 0) is 48.4 Å². The first kappa shape index (κ1) is 19.4. The van der Waals surface area contributed by atoms with Crippen LogP contribution < -0.4 is 10.0 Å². The van der Waals surface area contributed by atoms with Crippen molar-refractivity contribution in [2.24, 2.45) is 0 Å². The van der Waals surface area contributed by atoms with E-state index >= 15 is 0 Å². The number of methoxy groups -OCH3 is 1. The quantitative estimate of drug-likeness (QED) is 0.585. The minimum absolute atomic E-state index is 0.0163. The molecule has 28 heavy (non-hydrogen) atoms. The van der Waals surface area contributed by atoms with Gasteiger partial charge in [-0.3, -0.25) is 9.69 Å². The van der Waals surface area contributed by atoms with Crippen LogP contribution in [-0.4, -0.2) is 25.0 Å². The number of carbonyl (C=O) groups excluding carboxylic acids is 3. The van der Waals surface area contributed by atoms with Crippen molar-refractivity contribution < 1.29 is 24.2 Å². The molecule has 1 heterocycles. The van der Waals surface area contributed by atoms with Crippen molar-refractivity contribution in [2.45, 2.75) is 6.92 Å². The number of nitrogens with zero attached hydrogens (tertiary/aromatic N) is 1. The number of aromatic carboxylic acids is 1. The molecule has 0 saturated carbocycles. The molecular formula is C21H15ClNO5-. The van der Waals surface area contributed by atoms with Crippen LogP contribution in [0.1, 0.15) is 22.8 Å². The first-order valence-corrected chi connectivity index (χ1v) is 8.64. The maximum atomic E-state index is 13.1. The normalized spacial score (nSPS) is 15.3. The molecule has 0 saturated heterocycles. The Bertz CT molecular complexity index is 1020. The Kier molecular flexibility index (Phi) is 5.33. The standard InChI is InChI=1S/C21H16ClNO5/c1-12-18(21(27)28-2)17(11-13-3-5-14(6-4-13)20(25)26)19(24)23(12)16-9-7-15(22)8-10-16/h3-11H,1-2H3,(H,25,26)/p-1/b17-11-. The highest BCUT2D eigenvalue weighted by atomic mass is 35.5. The Labute approximate surface area is 166 Å². The lowest BCUT2D eigenvalue weighted by molar-refractivity contribution is -0.255. The molecule has 1 aliphatic rings. The molecule has 0 radical (unpaired) electrons. The van der Waals surface area contributed by atoms with Gasteiger partial charge in [-0.2, -0.15) is 0 Å². The molecule has 0 aromatic heterocycles. The number of benzene rings is 2. The van der Waals surface area contributed by atoms with Crippen LogP contribution >= 0.6 is 11.6 Å². The van der Waals surface area contributed by atoms with E-state index in [0.29, 0.717) is 22.0 Å². The summed E-state index contributed by atoms with van der Waals surface area (Å²) >= 11 is 5.92. The molecule has 1 aliphatic heterocycles. The van der Waals surface area contributed by atoms with Crippen molar-refractivity contribution in [3.05, 3.63) is 81.5 Å². The van der Waals surface area contributed by atoms with Crippen LogP contribution in [0.5, 0.6) is 0 Å². The number of carbonyl (C=O) groups is 3. The number of amides is 1. The average Bonchev–Trinajstić information content (AvgIpc) is 2.92. The maximum Gasteiger partial charge on any atom is 0.340 e. The number of carboxylic acid groups (broad SMARTS) is 1. The molecule has 0 unspecified atom stereocenters. The topological polar surface area (TPSA) is 86.7 Å². The van der Waals surface area contributed by atoms with Crippen LogP contribution in [0.3, 0.4) is 0 Å². The molecule has 142 valence electrons. The summed E-state index contributed by atoms with van der Waals surface area (Å²) in [4.78, 5) is 37.7. The predicted octanol–water partition coefficient (Wildman–Crippen LogP) is 2.58. The molecule has 0 fully saturated rings. The molecule has 0 N–H and O–H groups in total. The van der Waals surface area contributed by atoms with Crippen molar-refractivity contribution in [1.29, 1.82) is 0 Å². The van der Waals surface area contributed by atoms with Gasteiger partial charge < -0.3 is 14.6 Å². The first-order valence-electron chi connectivity index (χ1n) is 8.26. The highest BCUT2D eigenvalue weighted by Crippen LogP contribution is 2.35. The van der Waals surface area contributed by atoms with Crippen LogP contribution in [0, 0.1) is 0 Å². The lowest BCUT2D eigenvalue weighted by Crippen LogP contribution is -2.24. The summed E-state index contributed by atoms with van der Waals surface area (Å²) in [6.45, 7) is 1.65. The van der Waals surface area contributed by atoms with E-state index in [2.05, 4.69) is 0 Å². The summed E-state index contributed by atoms with van der Waals surface area (Å²) < 4.78 is 4.85. The number of ether oxygens (including phenoxy) is 1. The van der Waals surface area contributed by atoms with Crippen LogP contribution in [0.15, 0.2) is 65.4 Å². The highest BCUT2D eigenvalue weighted by Gasteiger charge is 2.37. The predicted molar refractivity (Wildman–Crippen MR) is 102 cm³/mol. The molecule has 0 atom stereocenters. The average molecular weight is 397 g/mol. The fourth-order valence-electron chi connectivity index (χ4n) is 2.96. The number of allylic oxidation sites excluding steroid dienone is 1. The second kappa shape index (κ2) is 7.70. The van der Waals surface area contributed by atoms with Crippen molar-refractivity contribution in [2.75, 3.05) is 12.0 Å². The maximum absolute atomic E-state index is 13.1. The molecule has 0 bridgehead atoms. The minimum Gasteiger partial charge on any atom is -0.545 e. The zero-order valence-electron chi connectivity index (χ0n) is 15.1. The number of hydrogen-bond donors (Lipinski definition) is 0. The Morgan fingerprint density at radius 1 is 1.07 bits per heavy atom. The fraction of sp³-hybridized carbons (Fsp3) is 0.0952. The summed E-state index contributed by atoms with van der Waals surface area (Å²) in [5.41, 5.74) is 1.86. The van der Waals surface area contributed by atoms with Crippen molar-refractivity contribution in [3.8, 4) is 0 Å². The van der Waals surface area contributed by atoms with Gasteiger partial charge in [0.05, 0.1) is 24.2 Å². The minimum atomic E-state index is -1.30. The second-order valence-corrected chi connectivity index (χ2v) is 6.47. The molecule has 1 amide bonds. The van der Waals surface area contributed by atoms with Crippen molar-refractivity contribution in [1.82, 2.24) is 0 Å². The second-order valence-electron chi connectivity index (χ2n) is 6.04.